The lowest BCUT2D eigenvalue weighted by Crippen LogP contribution is -2.51. The third-order valence-electron chi connectivity index (χ3n) is 5.62. The van der Waals surface area contributed by atoms with E-state index >= 15 is 0 Å². The van der Waals surface area contributed by atoms with Crippen LogP contribution in [0.15, 0.2) is 34.9 Å². The van der Waals surface area contributed by atoms with Gasteiger partial charge in [0.15, 0.2) is 5.76 Å². The van der Waals surface area contributed by atoms with Crippen molar-refractivity contribution < 1.29 is 14.1 Å². The molecule has 1 saturated heterocycles. The number of benzene rings is 1. The number of ether oxygens (including phenoxy) is 1. The van der Waals surface area contributed by atoms with Crippen LogP contribution >= 0.6 is 0 Å². The van der Waals surface area contributed by atoms with Gasteiger partial charge in [0, 0.05) is 37.8 Å². The average Bonchev–Trinajstić information content (AvgIpc) is 3.36. The first kappa shape index (κ1) is 17.1. The molecule has 1 aliphatic heterocycles. The van der Waals surface area contributed by atoms with Gasteiger partial charge in [-0.3, -0.25) is 4.79 Å². The largest absolute Gasteiger partial charge is 0.497 e. The van der Waals surface area contributed by atoms with Gasteiger partial charge in [-0.05, 0) is 31.5 Å². The monoisotopic (exact) mass is 355 g/mol. The van der Waals surface area contributed by atoms with E-state index < -0.39 is 5.41 Å². The fraction of sp³-hybridized carbons (Fsp3) is 0.500. The molecule has 1 aliphatic carbocycles. The van der Waals surface area contributed by atoms with Gasteiger partial charge in [0.2, 0.25) is 5.91 Å². The molecule has 1 aromatic carbocycles. The molecular formula is C20H25N3O3. The van der Waals surface area contributed by atoms with Crippen LogP contribution in [0.3, 0.4) is 0 Å². The topological polar surface area (TPSA) is 58.8 Å². The van der Waals surface area contributed by atoms with E-state index in [-0.39, 0.29) is 5.91 Å². The maximum Gasteiger partial charge on any atom is 0.235 e. The van der Waals surface area contributed by atoms with Crippen molar-refractivity contribution in [3.8, 4) is 17.1 Å². The molecule has 26 heavy (non-hydrogen) atoms. The first-order valence-corrected chi connectivity index (χ1v) is 9.29. The highest BCUT2D eigenvalue weighted by Crippen LogP contribution is 2.50. The summed E-state index contributed by atoms with van der Waals surface area (Å²) < 4.78 is 10.8. The number of amides is 1. The molecule has 2 aliphatic rings. The summed E-state index contributed by atoms with van der Waals surface area (Å²) >= 11 is 0. The van der Waals surface area contributed by atoms with Gasteiger partial charge in [0.1, 0.15) is 5.75 Å². The first-order valence-electron chi connectivity index (χ1n) is 9.29. The highest BCUT2D eigenvalue weighted by atomic mass is 16.5. The Labute approximate surface area is 153 Å². The summed E-state index contributed by atoms with van der Waals surface area (Å²) in [5, 5.41) is 4.26. The standard InChI is InChI=1S/C20H25N3O3/c1-3-22-9-11-23(12-10-22)19(24)20(7-8-20)18-14-17(26-21-18)15-5-4-6-16(13-15)25-2/h4-6,13-14H,3,7-12H2,1-2H3. The summed E-state index contributed by atoms with van der Waals surface area (Å²) in [7, 11) is 1.64. The number of methoxy groups -OCH3 is 1. The van der Waals surface area contributed by atoms with E-state index in [1.807, 2.05) is 35.2 Å². The van der Waals surface area contributed by atoms with E-state index in [9.17, 15) is 4.79 Å². The van der Waals surface area contributed by atoms with E-state index in [1.165, 1.54) is 0 Å². The minimum atomic E-state index is -0.477. The normalized spacial score (nSPS) is 19.4. The molecule has 0 N–H and O–H groups in total. The first-order chi connectivity index (χ1) is 12.7. The van der Waals surface area contributed by atoms with Crippen molar-refractivity contribution >= 4 is 5.91 Å². The van der Waals surface area contributed by atoms with Crippen LogP contribution in [0, 0.1) is 0 Å². The van der Waals surface area contributed by atoms with E-state index in [4.69, 9.17) is 9.26 Å². The lowest BCUT2D eigenvalue weighted by atomic mass is 9.99. The molecule has 0 spiro atoms. The number of carbonyl (C=O) groups is 1. The van der Waals surface area contributed by atoms with Crippen molar-refractivity contribution in [2.75, 3.05) is 39.8 Å². The summed E-state index contributed by atoms with van der Waals surface area (Å²) in [6, 6.07) is 9.60. The molecule has 2 heterocycles. The van der Waals surface area contributed by atoms with E-state index in [0.29, 0.717) is 5.76 Å². The number of likely N-dealkylation sites (N-methyl/N-ethyl adjacent to an activating group) is 1. The number of rotatable bonds is 5. The lowest BCUT2D eigenvalue weighted by molar-refractivity contribution is -0.135. The summed E-state index contributed by atoms with van der Waals surface area (Å²) in [5.74, 6) is 1.65. The van der Waals surface area contributed by atoms with Gasteiger partial charge < -0.3 is 19.1 Å². The number of piperazine rings is 1. The second kappa shape index (κ2) is 6.76. The summed E-state index contributed by atoms with van der Waals surface area (Å²) in [5.41, 5.74) is 1.19. The van der Waals surface area contributed by atoms with Gasteiger partial charge in [-0.1, -0.05) is 24.2 Å². The van der Waals surface area contributed by atoms with Crippen molar-refractivity contribution in [1.29, 1.82) is 0 Å². The third kappa shape index (κ3) is 2.98. The zero-order valence-corrected chi connectivity index (χ0v) is 15.4. The van der Waals surface area contributed by atoms with Gasteiger partial charge in [0.05, 0.1) is 18.2 Å². The molecule has 0 radical (unpaired) electrons. The highest BCUT2D eigenvalue weighted by molar-refractivity contribution is 5.91. The van der Waals surface area contributed by atoms with Crippen LogP contribution in [0.25, 0.3) is 11.3 Å². The van der Waals surface area contributed by atoms with Crippen LogP contribution in [0.5, 0.6) is 5.75 Å². The molecule has 6 heteroatoms. The molecule has 0 atom stereocenters. The second-order valence-electron chi connectivity index (χ2n) is 7.12. The molecule has 1 aromatic heterocycles. The quantitative estimate of drug-likeness (QED) is 0.825. The smallest absolute Gasteiger partial charge is 0.235 e. The van der Waals surface area contributed by atoms with E-state index in [0.717, 1.165) is 62.6 Å². The fourth-order valence-electron chi connectivity index (χ4n) is 3.69. The number of nitrogens with zero attached hydrogens (tertiary/aromatic N) is 3. The number of aromatic nitrogens is 1. The van der Waals surface area contributed by atoms with Gasteiger partial charge in [-0.2, -0.15) is 0 Å². The summed E-state index contributed by atoms with van der Waals surface area (Å²) in [6.07, 6.45) is 1.70. The molecule has 0 unspecified atom stereocenters. The van der Waals surface area contributed by atoms with Crippen molar-refractivity contribution in [3.05, 3.63) is 36.0 Å². The molecule has 2 aromatic rings. The van der Waals surface area contributed by atoms with Crippen molar-refractivity contribution in [3.63, 3.8) is 0 Å². The minimum Gasteiger partial charge on any atom is -0.497 e. The second-order valence-corrected chi connectivity index (χ2v) is 7.12. The minimum absolute atomic E-state index is 0.207. The van der Waals surface area contributed by atoms with Crippen molar-refractivity contribution in [2.24, 2.45) is 0 Å². The summed E-state index contributed by atoms with van der Waals surface area (Å²) in [6.45, 7) is 6.71. The van der Waals surface area contributed by atoms with E-state index in [2.05, 4.69) is 17.0 Å². The van der Waals surface area contributed by atoms with Gasteiger partial charge in [-0.25, -0.2) is 0 Å². The third-order valence-corrected chi connectivity index (χ3v) is 5.62. The van der Waals surface area contributed by atoms with Crippen LogP contribution in [-0.2, 0) is 10.2 Å². The van der Waals surface area contributed by atoms with E-state index in [1.54, 1.807) is 7.11 Å². The molecule has 0 bridgehead atoms. The van der Waals surface area contributed by atoms with Gasteiger partial charge in [0.25, 0.3) is 0 Å². The fourth-order valence-corrected chi connectivity index (χ4v) is 3.69. The molecule has 1 saturated carbocycles. The van der Waals surface area contributed by atoms with Gasteiger partial charge >= 0.3 is 0 Å². The molecule has 4 rings (SSSR count). The zero-order valence-electron chi connectivity index (χ0n) is 15.4. The van der Waals surface area contributed by atoms with Crippen LogP contribution in [-0.4, -0.2) is 60.7 Å². The predicted octanol–water partition coefficient (Wildman–Crippen LogP) is 2.55. The van der Waals surface area contributed by atoms with Crippen molar-refractivity contribution in [2.45, 2.75) is 25.2 Å². The van der Waals surface area contributed by atoms with Crippen LogP contribution < -0.4 is 4.74 Å². The Balaban J connectivity index is 1.52. The zero-order chi connectivity index (χ0) is 18.1. The van der Waals surface area contributed by atoms with Gasteiger partial charge in [-0.15, -0.1) is 0 Å². The Kier molecular flexibility index (Phi) is 4.44. The Morgan fingerprint density at radius 2 is 2.00 bits per heavy atom. The molecule has 138 valence electrons. The average molecular weight is 355 g/mol. The Bertz CT molecular complexity index is 789. The maximum absolute atomic E-state index is 13.1. The molecular weight excluding hydrogens is 330 g/mol. The summed E-state index contributed by atoms with van der Waals surface area (Å²) in [4.78, 5) is 17.5. The number of hydrogen-bond donors (Lipinski definition) is 0. The lowest BCUT2D eigenvalue weighted by Gasteiger charge is -2.35. The van der Waals surface area contributed by atoms with Crippen LogP contribution in [0.4, 0.5) is 0 Å². The SMILES string of the molecule is CCN1CCN(C(=O)C2(c3cc(-c4cccc(OC)c4)on3)CC2)CC1. The number of carbonyl (C=O) groups excluding carboxylic acids is 1. The predicted molar refractivity (Wildman–Crippen MR) is 98.1 cm³/mol. The van der Waals surface area contributed by atoms with Crippen LogP contribution in [0.1, 0.15) is 25.5 Å². The van der Waals surface area contributed by atoms with Crippen molar-refractivity contribution in [1.82, 2.24) is 15.0 Å². The highest BCUT2D eigenvalue weighted by Gasteiger charge is 2.55. The molecule has 1 amide bonds. The molecule has 6 nitrogen and oxygen atoms in total. The Morgan fingerprint density at radius 3 is 2.65 bits per heavy atom. The molecule has 2 fully saturated rings. The number of hydrogen-bond acceptors (Lipinski definition) is 5. The van der Waals surface area contributed by atoms with Crippen LogP contribution in [0.2, 0.25) is 0 Å². The Morgan fingerprint density at radius 1 is 1.23 bits per heavy atom. The maximum atomic E-state index is 13.1. The Hall–Kier alpha value is -2.34.